The van der Waals surface area contributed by atoms with Crippen LogP contribution < -0.4 is 5.32 Å². The molecular weight excluding hydrogens is 238 g/mol. The van der Waals surface area contributed by atoms with Crippen molar-refractivity contribution in [3.05, 3.63) is 0 Å². The zero-order valence-corrected chi connectivity index (χ0v) is 9.87. The van der Waals surface area contributed by atoms with Crippen molar-refractivity contribution in [2.45, 2.75) is 18.9 Å². The number of hydrogen-bond donors (Lipinski definition) is 3. The van der Waals surface area contributed by atoms with Gasteiger partial charge in [-0.1, -0.05) is 0 Å². The molecule has 16 heavy (non-hydrogen) atoms. The Morgan fingerprint density at radius 3 is 2.25 bits per heavy atom. The van der Waals surface area contributed by atoms with Crippen LogP contribution in [0.3, 0.4) is 0 Å². The minimum Gasteiger partial charge on any atom is -0.479 e. The van der Waals surface area contributed by atoms with Crippen LogP contribution in [0.1, 0.15) is 13.3 Å². The van der Waals surface area contributed by atoms with Gasteiger partial charge in [0.2, 0.25) is 5.91 Å². The average Bonchev–Trinajstić information content (AvgIpc) is 2.10. The zero-order chi connectivity index (χ0) is 13.0. The molecule has 3 N–H and O–H groups in total. The summed E-state index contributed by atoms with van der Waals surface area (Å²) in [6.45, 7) is 0.567. The number of nitrogens with one attached hydrogen (secondary N) is 1. The molecule has 0 saturated carbocycles. The summed E-state index contributed by atoms with van der Waals surface area (Å²) in [6.07, 6.45) is 0.738. The monoisotopic (exact) mass is 253 g/mol. The summed E-state index contributed by atoms with van der Waals surface area (Å²) in [5, 5.41) is 19.9. The fourth-order valence-electron chi connectivity index (χ4n) is 0.713. The minimum atomic E-state index is -3.23. The molecule has 0 aliphatic carbocycles. The Morgan fingerprint density at radius 2 is 1.88 bits per heavy atom. The van der Waals surface area contributed by atoms with E-state index >= 15 is 0 Å². The van der Waals surface area contributed by atoms with E-state index in [0.717, 1.165) is 13.2 Å². The summed E-state index contributed by atoms with van der Waals surface area (Å²) in [5.41, 5.74) is -2.05. The number of sulfone groups is 1. The molecule has 1 unspecified atom stereocenters. The molecular formula is C8H15NO6S. The third kappa shape index (κ3) is 6.36. The van der Waals surface area contributed by atoms with Gasteiger partial charge in [-0.3, -0.25) is 4.79 Å². The topological polar surface area (TPSA) is 121 Å². The number of carboxylic acids is 1. The Labute approximate surface area is 93.4 Å². The van der Waals surface area contributed by atoms with E-state index in [1.54, 1.807) is 0 Å². The van der Waals surface area contributed by atoms with Gasteiger partial charge in [-0.05, 0) is 6.92 Å². The third-order valence-electron chi connectivity index (χ3n) is 1.79. The molecule has 0 aliphatic rings. The zero-order valence-electron chi connectivity index (χ0n) is 9.06. The molecule has 0 fully saturated rings. The summed E-state index contributed by atoms with van der Waals surface area (Å²) >= 11 is 0. The average molecular weight is 253 g/mol. The summed E-state index contributed by atoms with van der Waals surface area (Å²) in [4.78, 5) is 21.5. The predicted molar refractivity (Wildman–Crippen MR) is 55.6 cm³/mol. The highest BCUT2D eigenvalue weighted by Gasteiger charge is 2.30. The first kappa shape index (κ1) is 14.8. The highest BCUT2D eigenvalue weighted by Crippen LogP contribution is 2.01. The summed E-state index contributed by atoms with van der Waals surface area (Å²) in [6, 6.07) is 0. The molecule has 1 amide bonds. The van der Waals surface area contributed by atoms with E-state index in [-0.39, 0.29) is 12.2 Å². The standard InChI is InChI=1S/C8H15NO6S/c1-8(13,7(11)12)5-9-6(10)3-4-16(2,14)15/h13H,3-5H2,1-2H3,(H,9,10)(H,11,12). The minimum absolute atomic E-state index is 0.255. The van der Waals surface area contributed by atoms with E-state index in [0.29, 0.717) is 0 Å². The second-order valence-electron chi connectivity index (χ2n) is 3.74. The Balaban J connectivity index is 4.05. The third-order valence-corrected chi connectivity index (χ3v) is 2.74. The second kappa shape index (κ2) is 5.26. The summed E-state index contributed by atoms with van der Waals surface area (Å²) in [7, 11) is -3.23. The van der Waals surface area contributed by atoms with Crippen LogP contribution in [0.15, 0.2) is 0 Å². The van der Waals surface area contributed by atoms with Gasteiger partial charge in [-0.25, -0.2) is 13.2 Å². The molecule has 0 rings (SSSR count). The lowest BCUT2D eigenvalue weighted by Gasteiger charge is -2.18. The Hall–Kier alpha value is -1.15. The molecule has 0 heterocycles. The van der Waals surface area contributed by atoms with Crippen molar-refractivity contribution in [3.63, 3.8) is 0 Å². The molecule has 0 aliphatic heterocycles. The van der Waals surface area contributed by atoms with E-state index in [4.69, 9.17) is 5.11 Å². The normalized spacial score (nSPS) is 15.2. The van der Waals surface area contributed by atoms with Gasteiger partial charge in [0.1, 0.15) is 9.84 Å². The first-order valence-corrected chi connectivity index (χ1v) is 6.51. The molecule has 94 valence electrons. The van der Waals surface area contributed by atoms with Gasteiger partial charge in [0.05, 0.1) is 12.3 Å². The molecule has 0 saturated heterocycles. The lowest BCUT2D eigenvalue weighted by Crippen LogP contribution is -2.46. The highest BCUT2D eigenvalue weighted by molar-refractivity contribution is 7.90. The van der Waals surface area contributed by atoms with E-state index in [1.165, 1.54) is 0 Å². The van der Waals surface area contributed by atoms with Crippen molar-refractivity contribution in [3.8, 4) is 0 Å². The molecule has 0 aromatic heterocycles. The number of carboxylic acid groups (broad SMARTS) is 1. The van der Waals surface area contributed by atoms with Gasteiger partial charge in [0.15, 0.2) is 5.60 Å². The van der Waals surface area contributed by atoms with Crippen molar-refractivity contribution in [1.29, 1.82) is 0 Å². The number of hydrogen-bond acceptors (Lipinski definition) is 5. The molecule has 0 aromatic carbocycles. The second-order valence-corrected chi connectivity index (χ2v) is 6.00. The number of carbonyl (C=O) groups is 2. The molecule has 7 nitrogen and oxygen atoms in total. The Bertz CT molecular complexity index is 372. The first-order chi connectivity index (χ1) is 7.04. The highest BCUT2D eigenvalue weighted by atomic mass is 32.2. The van der Waals surface area contributed by atoms with Gasteiger partial charge in [0, 0.05) is 12.7 Å². The van der Waals surface area contributed by atoms with Crippen molar-refractivity contribution in [2.24, 2.45) is 0 Å². The van der Waals surface area contributed by atoms with Crippen LogP contribution in [0.2, 0.25) is 0 Å². The van der Waals surface area contributed by atoms with E-state index in [9.17, 15) is 23.1 Å². The molecule has 0 aromatic rings. The number of carbonyl (C=O) groups excluding carboxylic acids is 1. The SMILES string of the molecule is CC(O)(CNC(=O)CCS(C)(=O)=O)C(=O)O. The maximum absolute atomic E-state index is 11.1. The fourth-order valence-corrected chi connectivity index (χ4v) is 1.27. The van der Waals surface area contributed by atoms with Crippen LogP contribution in [0.4, 0.5) is 0 Å². The maximum atomic E-state index is 11.1. The van der Waals surface area contributed by atoms with E-state index in [2.05, 4.69) is 5.32 Å². The number of aliphatic hydroxyl groups is 1. The van der Waals surface area contributed by atoms with Crippen LogP contribution in [0, 0.1) is 0 Å². The molecule has 0 radical (unpaired) electrons. The smallest absolute Gasteiger partial charge is 0.337 e. The molecule has 0 spiro atoms. The van der Waals surface area contributed by atoms with Gasteiger partial charge in [0.25, 0.3) is 0 Å². The molecule has 0 bridgehead atoms. The van der Waals surface area contributed by atoms with Crippen molar-refractivity contribution in [2.75, 3.05) is 18.6 Å². The number of aliphatic carboxylic acids is 1. The first-order valence-electron chi connectivity index (χ1n) is 4.45. The largest absolute Gasteiger partial charge is 0.479 e. The van der Waals surface area contributed by atoms with Gasteiger partial charge in [-0.15, -0.1) is 0 Å². The van der Waals surface area contributed by atoms with E-state index in [1.807, 2.05) is 0 Å². The quantitative estimate of drug-likeness (QED) is 0.523. The molecule has 1 atom stereocenters. The number of rotatable bonds is 6. The van der Waals surface area contributed by atoms with Crippen molar-refractivity contribution in [1.82, 2.24) is 5.32 Å². The fraction of sp³-hybridized carbons (Fsp3) is 0.750. The predicted octanol–water partition coefficient (Wildman–Crippen LogP) is -1.63. The summed E-state index contributed by atoms with van der Waals surface area (Å²) < 4.78 is 21.4. The van der Waals surface area contributed by atoms with E-state index < -0.39 is 33.9 Å². The van der Waals surface area contributed by atoms with Crippen LogP contribution in [0.5, 0.6) is 0 Å². The van der Waals surface area contributed by atoms with Crippen LogP contribution in [0.25, 0.3) is 0 Å². The maximum Gasteiger partial charge on any atom is 0.337 e. The van der Waals surface area contributed by atoms with Crippen LogP contribution >= 0.6 is 0 Å². The van der Waals surface area contributed by atoms with Gasteiger partial charge in [-0.2, -0.15) is 0 Å². The van der Waals surface area contributed by atoms with Gasteiger partial charge >= 0.3 is 5.97 Å². The van der Waals surface area contributed by atoms with Crippen LogP contribution in [-0.4, -0.2) is 54.7 Å². The van der Waals surface area contributed by atoms with Crippen molar-refractivity contribution < 1.29 is 28.2 Å². The molecule has 8 heteroatoms. The van der Waals surface area contributed by atoms with Gasteiger partial charge < -0.3 is 15.5 Å². The Morgan fingerprint density at radius 1 is 1.38 bits per heavy atom. The summed E-state index contributed by atoms with van der Waals surface area (Å²) in [5.74, 6) is -2.39. The van der Waals surface area contributed by atoms with Crippen molar-refractivity contribution >= 4 is 21.7 Å². The lowest BCUT2D eigenvalue weighted by molar-refractivity contribution is -0.156. The van der Waals surface area contributed by atoms with Crippen LogP contribution in [-0.2, 0) is 19.4 Å². The Kier molecular flexibility index (Phi) is 4.88. The lowest BCUT2D eigenvalue weighted by atomic mass is 10.1. The number of amides is 1.